The Bertz CT molecular complexity index is 773. The Labute approximate surface area is 174 Å². The summed E-state index contributed by atoms with van der Waals surface area (Å²) in [5.74, 6) is 2.26. The molecule has 0 bridgehead atoms. The van der Waals surface area contributed by atoms with Crippen LogP contribution in [0.3, 0.4) is 0 Å². The maximum atomic E-state index is 6.31. The minimum absolute atomic E-state index is 0.237. The van der Waals surface area contributed by atoms with Gasteiger partial charge in [-0.3, -0.25) is 4.90 Å². The van der Waals surface area contributed by atoms with E-state index in [4.69, 9.17) is 14.2 Å². The predicted octanol–water partition coefficient (Wildman–Crippen LogP) is 4.20. The molecule has 0 radical (unpaired) electrons. The molecule has 2 aromatic rings. The SMILES string of the molecule is C=CCC[C@H](c1cc(OC)c(OC)cc1OCc1ccccc1)N1CCNCC1. The van der Waals surface area contributed by atoms with Gasteiger partial charge >= 0.3 is 0 Å². The van der Waals surface area contributed by atoms with Gasteiger partial charge in [-0.2, -0.15) is 0 Å². The molecule has 0 amide bonds. The van der Waals surface area contributed by atoms with Crippen LogP contribution in [0, 0.1) is 0 Å². The lowest BCUT2D eigenvalue weighted by molar-refractivity contribution is 0.161. The maximum absolute atomic E-state index is 6.31. The second kappa shape index (κ2) is 10.9. The summed E-state index contributed by atoms with van der Waals surface area (Å²) < 4.78 is 17.5. The average Bonchev–Trinajstić information content (AvgIpc) is 2.79. The summed E-state index contributed by atoms with van der Waals surface area (Å²) in [5.41, 5.74) is 2.28. The smallest absolute Gasteiger partial charge is 0.164 e. The number of nitrogens with zero attached hydrogens (tertiary/aromatic N) is 1. The lowest BCUT2D eigenvalue weighted by Gasteiger charge is -2.36. The number of allylic oxidation sites excluding steroid dienone is 1. The van der Waals surface area contributed by atoms with Crippen LogP contribution in [0.4, 0.5) is 0 Å². The normalized spacial score (nSPS) is 15.5. The van der Waals surface area contributed by atoms with Crippen molar-refractivity contribution >= 4 is 0 Å². The van der Waals surface area contributed by atoms with Crippen molar-refractivity contribution < 1.29 is 14.2 Å². The summed E-state index contributed by atoms with van der Waals surface area (Å²) in [4.78, 5) is 2.52. The molecule has 0 aromatic heterocycles. The van der Waals surface area contributed by atoms with Gasteiger partial charge in [-0.15, -0.1) is 6.58 Å². The fourth-order valence-electron chi connectivity index (χ4n) is 3.80. The van der Waals surface area contributed by atoms with E-state index >= 15 is 0 Å². The molecule has 2 aromatic carbocycles. The number of methoxy groups -OCH3 is 2. The van der Waals surface area contributed by atoms with Crippen LogP contribution in [0.25, 0.3) is 0 Å². The van der Waals surface area contributed by atoms with Gasteiger partial charge in [0.05, 0.1) is 14.2 Å². The predicted molar refractivity (Wildman–Crippen MR) is 117 cm³/mol. The Balaban J connectivity index is 1.96. The highest BCUT2D eigenvalue weighted by molar-refractivity contribution is 5.52. The van der Waals surface area contributed by atoms with Crippen molar-refractivity contribution in [1.82, 2.24) is 10.2 Å². The minimum Gasteiger partial charge on any atom is -0.493 e. The van der Waals surface area contributed by atoms with E-state index in [0.717, 1.165) is 61.6 Å². The molecule has 29 heavy (non-hydrogen) atoms. The van der Waals surface area contributed by atoms with Crippen LogP contribution < -0.4 is 19.5 Å². The van der Waals surface area contributed by atoms with E-state index in [0.29, 0.717) is 12.4 Å². The van der Waals surface area contributed by atoms with Crippen LogP contribution in [-0.2, 0) is 6.61 Å². The summed E-state index contributed by atoms with van der Waals surface area (Å²) in [6, 6.07) is 14.5. The highest BCUT2D eigenvalue weighted by Crippen LogP contribution is 2.41. The summed E-state index contributed by atoms with van der Waals surface area (Å²) >= 11 is 0. The lowest BCUT2D eigenvalue weighted by Crippen LogP contribution is -2.45. The van der Waals surface area contributed by atoms with Gasteiger partial charge in [-0.1, -0.05) is 36.4 Å². The van der Waals surface area contributed by atoms with Crippen molar-refractivity contribution in [2.45, 2.75) is 25.5 Å². The first-order chi connectivity index (χ1) is 14.3. The first-order valence-electron chi connectivity index (χ1n) is 10.2. The zero-order valence-electron chi connectivity index (χ0n) is 17.5. The van der Waals surface area contributed by atoms with Crippen LogP contribution in [-0.4, -0.2) is 45.3 Å². The van der Waals surface area contributed by atoms with Crippen LogP contribution in [0.1, 0.15) is 30.0 Å². The largest absolute Gasteiger partial charge is 0.493 e. The van der Waals surface area contributed by atoms with E-state index in [1.165, 1.54) is 0 Å². The molecule has 0 saturated carbocycles. The Hall–Kier alpha value is -2.50. The number of hydrogen-bond donors (Lipinski definition) is 1. The molecule has 1 fully saturated rings. The number of piperazine rings is 1. The number of benzene rings is 2. The van der Waals surface area contributed by atoms with E-state index in [1.807, 2.05) is 30.3 Å². The molecule has 1 atom stereocenters. The third-order valence-corrected chi connectivity index (χ3v) is 5.35. The molecule has 0 spiro atoms. The monoisotopic (exact) mass is 396 g/mol. The highest BCUT2D eigenvalue weighted by atomic mass is 16.5. The summed E-state index contributed by atoms with van der Waals surface area (Å²) in [6.45, 7) is 8.45. The molecular weight excluding hydrogens is 364 g/mol. The quantitative estimate of drug-likeness (QED) is 0.610. The molecule has 5 heteroatoms. The van der Waals surface area contributed by atoms with Gasteiger partial charge in [0, 0.05) is 43.9 Å². The van der Waals surface area contributed by atoms with E-state index < -0.39 is 0 Å². The van der Waals surface area contributed by atoms with E-state index in [1.54, 1.807) is 14.2 Å². The van der Waals surface area contributed by atoms with E-state index in [-0.39, 0.29) is 6.04 Å². The number of rotatable bonds is 10. The molecule has 156 valence electrons. The molecule has 1 saturated heterocycles. The molecule has 1 N–H and O–H groups in total. The van der Waals surface area contributed by atoms with E-state index in [2.05, 4.69) is 35.0 Å². The zero-order chi connectivity index (χ0) is 20.5. The Morgan fingerprint density at radius 1 is 1.03 bits per heavy atom. The Morgan fingerprint density at radius 3 is 2.38 bits per heavy atom. The van der Waals surface area contributed by atoms with Gasteiger partial charge in [0.25, 0.3) is 0 Å². The van der Waals surface area contributed by atoms with Crippen molar-refractivity contribution in [3.8, 4) is 17.2 Å². The molecular formula is C24H32N2O3. The third kappa shape index (κ3) is 5.52. The van der Waals surface area contributed by atoms with Gasteiger partial charge < -0.3 is 19.5 Å². The van der Waals surface area contributed by atoms with Crippen LogP contribution in [0.15, 0.2) is 55.1 Å². The second-order valence-electron chi connectivity index (χ2n) is 7.19. The molecule has 5 nitrogen and oxygen atoms in total. The highest BCUT2D eigenvalue weighted by Gasteiger charge is 2.26. The Morgan fingerprint density at radius 2 is 1.72 bits per heavy atom. The minimum atomic E-state index is 0.237. The van der Waals surface area contributed by atoms with Crippen LogP contribution in [0.2, 0.25) is 0 Å². The number of hydrogen-bond acceptors (Lipinski definition) is 5. The van der Waals surface area contributed by atoms with Crippen molar-refractivity contribution in [3.05, 3.63) is 66.2 Å². The summed E-state index contributed by atoms with van der Waals surface area (Å²) in [5, 5.41) is 3.44. The molecule has 1 heterocycles. The molecule has 0 aliphatic carbocycles. The van der Waals surface area contributed by atoms with Crippen molar-refractivity contribution in [2.75, 3.05) is 40.4 Å². The molecule has 0 unspecified atom stereocenters. The maximum Gasteiger partial charge on any atom is 0.164 e. The van der Waals surface area contributed by atoms with Crippen molar-refractivity contribution in [3.63, 3.8) is 0 Å². The first-order valence-corrected chi connectivity index (χ1v) is 10.2. The Kier molecular flexibility index (Phi) is 7.96. The standard InChI is InChI=1S/C24H32N2O3/c1-4-5-11-21(26-14-12-25-13-15-26)20-16-23(27-2)24(28-3)17-22(20)29-18-19-9-7-6-8-10-19/h4,6-10,16-17,21,25H,1,5,11-15,18H2,2-3H3/t21-/m1/s1. The van der Waals surface area contributed by atoms with Crippen LogP contribution in [0.5, 0.6) is 17.2 Å². The zero-order valence-corrected chi connectivity index (χ0v) is 17.5. The van der Waals surface area contributed by atoms with Crippen LogP contribution >= 0.6 is 0 Å². The fourth-order valence-corrected chi connectivity index (χ4v) is 3.80. The van der Waals surface area contributed by atoms with Gasteiger partial charge in [0.15, 0.2) is 11.5 Å². The second-order valence-corrected chi connectivity index (χ2v) is 7.19. The van der Waals surface area contributed by atoms with Gasteiger partial charge in [-0.05, 0) is 24.5 Å². The van der Waals surface area contributed by atoms with Gasteiger partial charge in [-0.25, -0.2) is 0 Å². The van der Waals surface area contributed by atoms with Crippen molar-refractivity contribution in [1.29, 1.82) is 0 Å². The molecule has 1 aliphatic rings. The number of ether oxygens (including phenoxy) is 3. The topological polar surface area (TPSA) is 43.0 Å². The van der Waals surface area contributed by atoms with Gasteiger partial charge in [0.2, 0.25) is 0 Å². The first kappa shape index (κ1) is 21.2. The fraction of sp³-hybridized carbons (Fsp3) is 0.417. The summed E-state index contributed by atoms with van der Waals surface area (Å²) in [6.07, 6.45) is 3.92. The lowest BCUT2D eigenvalue weighted by atomic mass is 9.97. The van der Waals surface area contributed by atoms with Crippen molar-refractivity contribution in [2.24, 2.45) is 0 Å². The van der Waals surface area contributed by atoms with Gasteiger partial charge in [0.1, 0.15) is 12.4 Å². The average molecular weight is 397 g/mol. The summed E-state index contributed by atoms with van der Waals surface area (Å²) in [7, 11) is 3.33. The molecule has 1 aliphatic heterocycles. The van der Waals surface area contributed by atoms with E-state index in [9.17, 15) is 0 Å². The third-order valence-electron chi connectivity index (χ3n) is 5.35. The molecule has 3 rings (SSSR count). The number of nitrogens with one attached hydrogen (secondary N) is 1.